The van der Waals surface area contributed by atoms with Crippen molar-refractivity contribution in [3.05, 3.63) is 242 Å². The van der Waals surface area contributed by atoms with E-state index in [0.717, 1.165) is 118 Å². The first-order valence-corrected chi connectivity index (χ1v) is 26.7. The Bertz CT molecular complexity index is 3890. The number of aromatic nitrogens is 6. The van der Waals surface area contributed by atoms with E-state index in [0.29, 0.717) is 5.82 Å². The van der Waals surface area contributed by atoms with E-state index < -0.39 is 0 Å². The Balaban J connectivity index is 0.00000704. The van der Waals surface area contributed by atoms with Crippen molar-refractivity contribution in [1.82, 2.24) is 29.9 Å². The first-order valence-electron chi connectivity index (χ1n) is 26.7. The van der Waals surface area contributed by atoms with Crippen molar-refractivity contribution in [2.45, 2.75) is 78.6 Å². The van der Waals surface area contributed by atoms with Gasteiger partial charge < -0.3 is 15.0 Å². The fourth-order valence-electron chi connectivity index (χ4n) is 9.74. The van der Waals surface area contributed by atoms with E-state index in [1.807, 2.05) is 48.9 Å². The first-order chi connectivity index (χ1) is 37.5. The summed E-state index contributed by atoms with van der Waals surface area (Å²) in [6, 6.07) is 77.2. The van der Waals surface area contributed by atoms with Gasteiger partial charge in [0.25, 0.3) is 0 Å². The summed E-state index contributed by atoms with van der Waals surface area (Å²) >= 11 is 0. The zero-order valence-corrected chi connectivity index (χ0v) is 48.5. The van der Waals surface area contributed by atoms with Crippen LogP contribution in [0.3, 0.4) is 0 Å². The van der Waals surface area contributed by atoms with Crippen molar-refractivity contribution < 1.29 is 20.1 Å². The Hall–Kier alpha value is -8.35. The monoisotopic (exact) mass is 1200 g/mol. The summed E-state index contributed by atoms with van der Waals surface area (Å²) in [5.74, 6) is 2.16. The van der Waals surface area contributed by atoms with Gasteiger partial charge in [0.05, 0.1) is 0 Å². The van der Waals surface area contributed by atoms with Crippen LogP contribution >= 0.6 is 0 Å². The van der Waals surface area contributed by atoms with Crippen LogP contribution in [0.1, 0.15) is 79.5 Å². The number of rotatable bonds is 10. The minimum atomic E-state index is -0.234. The maximum absolute atomic E-state index is 4.92. The molecule has 0 aliphatic carbocycles. The predicted octanol–water partition coefficient (Wildman–Crippen LogP) is 18.0. The zero-order chi connectivity index (χ0) is 54.2. The van der Waals surface area contributed by atoms with Crippen LogP contribution < -0.4 is 0 Å². The van der Waals surface area contributed by atoms with Gasteiger partial charge in [0.15, 0.2) is 5.82 Å². The van der Waals surface area contributed by atoms with E-state index in [-0.39, 0.29) is 36.4 Å². The van der Waals surface area contributed by atoms with E-state index in [1.54, 1.807) is 0 Å². The number of pyridine rings is 3. The van der Waals surface area contributed by atoms with Crippen LogP contribution in [-0.2, 0) is 36.4 Å². The van der Waals surface area contributed by atoms with Gasteiger partial charge in [-0.05, 0) is 91.8 Å². The van der Waals surface area contributed by atoms with Gasteiger partial charge in [-0.3, -0.25) is 0 Å². The topological polar surface area (TPSA) is 77.3 Å². The van der Waals surface area contributed by atoms with Gasteiger partial charge in [0.1, 0.15) is 11.6 Å². The van der Waals surface area contributed by atoms with Gasteiger partial charge in [-0.25, -0.2) is 15.0 Å². The quantitative estimate of drug-likeness (QED) is 0.127. The molecule has 0 bridgehead atoms. The van der Waals surface area contributed by atoms with Crippen LogP contribution in [0.2, 0.25) is 0 Å². The molecule has 0 fully saturated rings. The largest absolute Gasteiger partial charge is 3.00 e. The smallest absolute Gasteiger partial charge is 0.305 e. The maximum atomic E-state index is 4.92. The van der Waals surface area contributed by atoms with Crippen molar-refractivity contribution in [2.75, 3.05) is 0 Å². The fourth-order valence-corrected chi connectivity index (χ4v) is 9.74. The number of hydrogen-bond donors (Lipinski definition) is 0. The Kier molecular flexibility index (Phi) is 15.2. The Morgan fingerprint density at radius 2 is 0.709 bits per heavy atom. The minimum absolute atomic E-state index is 0. The van der Waals surface area contributed by atoms with Crippen LogP contribution in [0, 0.1) is 18.2 Å². The van der Waals surface area contributed by atoms with Crippen LogP contribution in [0.25, 0.3) is 112 Å². The minimum Gasteiger partial charge on any atom is -0.305 e. The van der Waals surface area contributed by atoms with Gasteiger partial charge in [-0.1, -0.05) is 199 Å². The standard InChI is InChI=1S/C72H61N6.Ir/c1-70(2,3)57-39-41-74-66(45-57)52-35-29-49(30-36-52)60-20-12-15-23-63(60)56-43-54(61-21-13-10-18-58(61)47-25-31-50(32-26-47)64-24-16-17-40-73-64)42-55(44-56)62-22-14-11-19-59(62)48-27-33-51(34-28-48)65-38-37-53(46-75-65)67-76-68(71(4,5)6)78-69(77-67)72(7,8)9;/h10-31,33,35,37-46H,1-9H3;/q-3;+3. The molecule has 0 spiro atoms. The molecule has 0 amide bonds. The summed E-state index contributed by atoms with van der Waals surface area (Å²) < 4.78 is 0. The van der Waals surface area contributed by atoms with Crippen molar-refractivity contribution in [2.24, 2.45) is 0 Å². The third kappa shape index (κ3) is 11.8. The molecule has 388 valence electrons. The SMILES string of the molecule is CC(C)(C)c1ccnc(-c2[c-]cc(-c3ccccc3-c3cc(-c4ccccc4-c4c[c-]c(-c5ccccn5)cc4)cc(-c4ccccc4-c4c[c-]c(-c5ccc(-c6nc(C(C)(C)C)nc(C(C)(C)C)n6)cn5)cc4)c3)cc2)c1.[Ir+3]. The van der Waals surface area contributed by atoms with Crippen LogP contribution in [0.4, 0.5) is 0 Å². The molecule has 0 aliphatic heterocycles. The van der Waals surface area contributed by atoms with Crippen LogP contribution in [-0.4, -0.2) is 29.9 Å². The predicted molar refractivity (Wildman–Crippen MR) is 320 cm³/mol. The third-order valence-electron chi connectivity index (χ3n) is 14.1. The molecule has 7 heteroatoms. The molecule has 4 aromatic heterocycles. The second-order valence-electron chi connectivity index (χ2n) is 23.0. The van der Waals surface area contributed by atoms with E-state index in [1.165, 1.54) is 5.56 Å². The summed E-state index contributed by atoms with van der Waals surface area (Å²) in [5, 5.41) is 0. The normalized spacial score (nSPS) is 11.8. The zero-order valence-electron chi connectivity index (χ0n) is 46.1. The molecule has 11 aromatic rings. The molecule has 0 N–H and O–H groups in total. The van der Waals surface area contributed by atoms with E-state index in [4.69, 9.17) is 24.9 Å². The number of nitrogens with zero attached hydrogens (tertiary/aromatic N) is 6. The van der Waals surface area contributed by atoms with Crippen molar-refractivity contribution in [3.8, 4) is 112 Å². The first kappa shape index (κ1) is 54.0. The molecule has 79 heavy (non-hydrogen) atoms. The van der Waals surface area contributed by atoms with Crippen molar-refractivity contribution in [1.29, 1.82) is 0 Å². The molecule has 0 unspecified atom stereocenters. The molecule has 0 saturated carbocycles. The maximum Gasteiger partial charge on any atom is 3.00 e. The van der Waals surface area contributed by atoms with Crippen LogP contribution in [0.5, 0.6) is 0 Å². The summed E-state index contributed by atoms with van der Waals surface area (Å²) in [6.07, 6.45) is 5.58. The molecular formula is C72H61IrN6. The molecule has 0 radical (unpaired) electrons. The van der Waals surface area contributed by atoms with Gasteiger partial charge >= 0.3 is 20.1 Å². The second kappa shape index (κ2) is 22.2. The Labute approximate surface area is 479 Å². The summed E-state index contributed by atoms with van der Waals surface area (Å²) in [4.78, 5) is 28.9. The molecular weight excluding hydrogens is 1140 g/mol. The Morgan fingerprint density at radius 3 is 1.08 bits per heavy atom. The number of hydrogen-bond acceptors (Lipinski definition) is 6. The summed E-state index contributed by atoms with van der Waals surface area (Å²) in [6.45, 7) is 19.5. The average molecular weight is 1200 g/mol. The van der Waals surface area contributed by atoms with Gasteiger partial charge in [0.2, 0.25) is 0 Å². The molecule has 0 atom stereocenters. The van der Waals surface area contributed by atoms with Crippen LogP contribution in [0.15, 0.2) is 207 Å². The average Bonchev–Trinajstić information content (AvgIpc) is 3.58. The molecule has 6 nitrogen and oxygen atoms in total. The molecule has 7 aromatic carbocycles. The van der Waals surface area contributed by atoms with Crippen molar-refractivity contribution in [3.63, 3.8) is 0 Å². The van der Waals surface area contributed by atoms with Crippen molar-refractivity contribution >= 4 is 0 Å². The van der Waals surface area contributed by atoms with Gasteiger partial charge in [-0.15, -0.1) is 89.5 Å². The summed E-state index contributed by atoms with van der Waals surface area (Å²) in [5.41, 5.74) is 20.2. The second-order valence-corrected chi connectivity index (χ2v) is 23.0. The molecule has 11 rings (SSSR count). The molecule has 4 heterocycles. The van der Waals surface area contributed by atoms with E-state index >= 15 is 0 Å². The third-order valence-corrected chi connectivity index (χ3v) is 14.1. The van der Waals surface area contributed by atoms with Gasteiger partial charge in [0, 0.05) is 35.0 Å². The van der Waals surface area contributed by atoms with E-state index in [9.17, 15) is 0 Å². The van der Waals surface area contributed by atoms with Gasteiger partial charge in [-0.2, -0.15) is 0 Å². The summed E-state index contributed by atoms with van der Waals surface area (Å²) in [7, 11) is 0. The number of benzene rings is 7. The van der Waals surface area contributed by atoms with E-state index in [2.05, 4.69) is 243 Å². The molecule has 0 aliphatic rings. The molecule has 0 saturated heterocycles. The fraction of sp³-hybridized carbons (Fsp3) is 0.167. The Morgan fingerprint density at radius 1 is 0.316 bits per heavy atom.